The first-order valence-electron chi connectivity index (χ1n) is 10.2. The molecule has 1 heterocycles. The van der Waals surface area contributed by atoms with Crippen molar-refractivity contribution < 1.29 is 14.3 Å². The standard InChI is InChI=1S/C25H22ClN3O3/c1-16(27-25(31)19-7-3-6-10-23(19)32-2)24-28-20-8-4-5-9-21(20)29(24)15-22(30)17-11-13-18(26)14-12-17/h3-14,16H,15H2,1-2H3,(H,27,31). The summed E-state index contributed by atoms with van der Waals surface area (Å²) in [6.07, 6.45) is 0. The van der Waals surface area contributed by atoms with Crippen LogP contribution in [0, 0.1) is 0 Å². The third kappa shape index (κ3) is 4.36. The van der Waals surface area contributed by atoms with Gasteiger partial charge in [0.15, 0.2) is 5.78 Å². The van der Waals surface area contributed by atoms with Gasteiger partial charge in [0, 0.05) is 10.6 Å². The van der Waals surface area contributed by atoms with E-state index in [1.165, 1.54) is 7.11 Å². The molecular weight excluding hydrogens is 426 g/mol. The molecule has 0 aliphatic heterocycles. The number of Topliss-reactive ketones (excluding diaryl/α,β-unsaturated/α-hetero) is 1. The summed E-state index contributed by atoms with van der Waals surface area (Å²) in [5, 5.41) is 3.55. The Kier molecular flexibility index (Phi) is 6.23. The minimum absolute atomic E-state index is 0.0747. The minimum atomic E-state index is -0.446. The number of nitrogens with one attached hydrogen (secondary N) is 1. The lowest BCUT2D eigenvalue weighted by Crippen LogP contribution is -2.29. The Balaban J connectivity index is 1.65. The van der Waals surface area contributed by atoms with E-state index in [0.717, 1.165) is 11.0 Å². The number of amides is 1. The maximum atomic E-state index is 13.0. The van der Waals surface area contributed by atoms with Gasteiger partial charge in [-0.2, -0.15) is 0 Å². The Labute approximate surface area is 190 Å². The first-order chi connectivity index (χ1) is 15.5. The maximum Gasteiger partial charge on any atom is 0.255 e. The number of benzene rings is 3. The maximum absolute atomic E-state index is 13.0. The second-order valence-corrected chi connectivity index (χ2v) is 7.81. The number of ether oxygens (including phenoxy) is 1. The van der Waals surface area contributed by atoms with E-state index in [1.54, 1.807) is 48.5 Å². The molecular formula is C25H22ClN3O3. The molecule has 1 unspecified atom stereocenters. The van der Waals surface area contributed by atoms with Gasteiger partial charge < -0.3 is 14.6 Å². The number of halogens is 1. The van der Waals surface area contributed by atoms with Gasteiger partial charge in [0.25, 0.3) is 5.91 Å². The molecule has 6 nitrogen and oxygen atoms in total. The van der Waals surface area contributed by atoms with Crippen molar-refractivity contribution in [1.29, 1.82) is 0 Å². The van der Waals surface area contributed by atoms with Crippen LogP contribution < -0.4 is 10.1 Å². The molecule has 4 rings (SSSR count). The van der Waals surface area contributed by atoms with E-state index in [1.807, 2.05) is 35.8 Å². The van der Waals surface area contributed by atoms with Crippen molar-refractivity contribution >= 4 is 34.3 Å². The first kappa shape index (κ1) is 21.6. The van der Waals surface area contributed by atoms with Crippen molar-refractivity contribution in [3.05, 3.63) is 94.8 Å². The number of rotatable bonds is 7. The zero-order valence-electron chi connectivity index (χ0n) is 17.7. The van der Waals surface area contributed by atoms with Crippen molar-refractivity contribution in [3.8, 4) is 5.75 Å². The SMILES string of the molecule is COc1ccccc1C(=O)NC(C)c1nc2ccccc2n1CC(=O)c1ccc(Cl)cc1. The topological polar surface area (TPSA) is 73.2 Å². The number of hydrogen-bond donors (Lipinski definition) is 1. The van der Waals surface area contributed by atoms with Crippen LogP contribution in [0.25, 0.3) is 11.0 Å². The molecule has 1 N–H and O–H groups in total. The number of nitrogens with zero attached hydrogens (tertiary/aromatic N) is 2. The summed E-state index contributed by atoms with van der Waals surface area (Å²) in [7, 11) is 1.53. The van der Waals surface area contributed by atoms with Crippen LogP contribution in [0.5, 0.6) is 5.75 Å². The van der Waals surface area contributed by atoms with E-state index in [9.17, 15) is 9.59 Å². The number of fused-ring (bicyclic) bond motifs is 1. The van der Waals surface area contributed by atoms with E-state index in [0.29, 0.717) is 27.7 Å². The van der Waals surface area contributed by atoms with Crippen molar-refractivity contribution in [1.82, 2.24) is 14.9 Å². The Morgan fingerprint density at radius 1 is 1.03 bits per heavy atom. The first-order valence-corrected chi connectivity index (χ1v) is 10.5. The van der Waals surface area contributed by atoms with Crippen molar-refractivity contribution in [2.45, 2.75) is 19.5 Å². The lowest BCUT2D eigenvalue weighted by atomic mass is 10.1. The molecule has 0 saturated heterocycles. The van der Waals surface area contributed by atoms with Gasteiger partial charge in [-0.15, -0.1) is 0 Å². The van der Waals surface area contributed by atoms with Gasteiger partial charge in [0.05, 0.1) is 36.3 Å². The fourth-order valence-electron chi connectivity index (χ4n) is 3.63. The number of methoxy groups -OCH3 is 1. The molecule has 1 amide bonds. The molecule has 7 heteroatoms. The number of ketones is 1. The van der Waals surface area contributed by atoms with Gasteiger partial charge in [0.1, 0.15) is 11.6 Å². The molecule has 0 bridgehead atoms. The fourth-order valence-corrected chi connectivity index (χ4v) is 3.76. The third-order valence-electron chi connectivity index (χ3n) is 5.24. The molecule has 1 atom stereocenters. The van der Waals surface area contributed by atoms with Gasteiger partial charge in [-0.25, -0.2) is 4.98 Å². The van der Waals surface area contributed by atoms with Gasteiger partial charge in [-0.1, -0.05) is 35.9 Å². The Morgan fingerprint density at radius 3 is 2.47 bits per heavy atom. The number of carbonyl (C=O) groups is 2. The highest BCUT2D eigenvalue weighted by Crippen LogP contribution is 2.23. The number of carbonyl (C=O) groups excluding carboxylic acids is 2. The van der Waals surface area contributed by atoms with Crippen LogP contribution in [-0.4, -0.2) is 28.4 Å². The van der Waals surface area contributed by atoms with E-state index >= 15 is 0 Å². The lowest BCUT2D eigenvalue weighted by Gasteiger charge is -2.17. The molecule has 162 valence electrons. The summed E-state index contributed by atoms with van der Waals surface area (Å²) in [5.41, 5.74) is 2.57. The van der Waals surface area contributed by atoms with Crippen LogP contribution in [-0.2, 0) is 6.54 Å². The number of aromatic nitrogens is 2. The Hall–Kier alpha value is -3.64. The quantitative estimate of drug-likeness (QED) is 0.401. The van der Waals surface area contributed by atoms with Gasteiger partial charge in [-0.05, 0) is 55.5 Å². The molecule has 1 aromatic heterocycles. The van der Waals surface area contributed by atoms with E-state index in [2.05, 4.69) is 5.32 Å². The average molecular weight is 448 g/mol. The van der Waals surface area contributed by atoms with Crippen molar-refractivity contribution in [2.24, 2.45) is 0 Å². The van der Waals surface area contributed by atoms with Crippen molar-refractivity contribution in [2.75, 3.05) is 7.11 Å². The monoisotopic (exact) mass is 447 g/mol. The summed E-state index contributed by atoms with van der Waals surface area (Å²) >= 11 is 5.95. The van der Waals surface area contributed by atoms with E-state index in [4.69, 9.17) is 21.3 Å². The molecule has 3 aromatic carbocycles. The normalized spacial score (nSPS) is 11.8. The highest BCUT2D eigenvalue weighted by Gasteiger charge is 2.22. The smallest absolute Gasteiger partial charge is 0.255 e. The molecule has 4 aromatic rings. The molecule has 0 fully saturated rings. The van der Waals surface area contributed by atoms with Crippen molar-refractivity contribution in [3.63, 3.8) is 0 Å². The zero-order valence-corrected chi connectivity index (χ0v) is 18.5. The second kappa shape index (κ2) is 9.24. The Bertz CT molecular complexity index is 1280. The predicted molar refractivity (Wildman–Crippen MR) is 124 cm³/mol. The predicted octanol–water partition coefficient (Wildman–Crippen LogP) is 5.07. The fraction of sp³-hybridized carbons (Fsp3) is 0.160. The molecule has 0 aliphatic rings. The van der Waals surface area contributed by atoms with E-state index < -0.39 is 6.04 Å². The van der Waals surface area contributed by atoms with Crippen LogP contribution in [0.1, 0.15) is 39.5 Å². The zero-order chi connectivity index (χ0) is 22.7. The summed E-state index contributed by atoms with van der Waals surface area (Å²) in [6.45, 7) is 1.93. The van der Waals surface area contributed by atoms with Gasteiger partial charge in [0.2, 0.25) is 0 Å². The van der Waals surface area contributed by atoms with E-state index in [-0.39, 0.29) is 18.2 Å². The molecule has 0 aliphatic carbocycles. The largest absolute Gasteiger partial charge is 0.496 e. The second-order valence-electron chi connectivity index (χ2n) is 7.37. The van der Waals surface area contributed by atoms with Crippen LogP contribution in [0.15, 0.2) is 72.8 Å². The summed E-state index contributed by atoms with van der Waals surface area (Å²) in [6, 6.07) is 21.0. The summed E-state index contributed by atoms with van der Waals surface area (Å²) < 4.78 is 7.15. The highest BCUT2D eigenvalue weighted by atomic mass is 35.5. The summed E-state index contributed by atoms with van der Waals surface area (Å²) in [5.74, 6) is 0.729. The third-order valence-corrected chi connectivity index (χ3v) is 5.49. The summed E-state index contributed by atoms with van der Waals surface area (Å²) in [4.78, 5) is 30.6. The molecule has 0 spiro atoms. The van der Waals surface area contributed by atoms with Crippen LogP contribution in [0.2, 0.25) is 5.02 Å². The lowest BCUT2D eigenvalue weighted by molar-refractivity contribution is 0.0934. The van der Waals surface area contributed by atoms with Crippen LogP contribution in [0.4, 0.5) is 0 Å². The number of hydrogen-bond acceptors (Lipinski definition) is 4. The number of para-hydroxylation sites is 3. The molecule has 0 radical (unpaired) electrons. The van der Waals surface area contributed by atoms with Gasteiger partial charge in [-0.3, -0.25) is 9.59 Å². The van der Waals surface area contributed by atoms with Crippen LogP contribution >= 0.6 is 11.6 Å². The Morgan fingerprint density at radius 2 is 1.72 bits per heavy atom. The van der Waals surface area contributed by atoms with Gasteiger partial charge >= 0.3 is 0 Å². The average Bonchev–Trinajstić information content (AvgIpc) is 3.18. The van der Waals surface area contributed by atoms with Crippen LogP contribution in [0.3, 0.4) is 0 Å². The molecule has 32 heavy (non-hydrogen) atoms. The highest BCUT2D eigenvalue weighted by molar-refractivity contribution is 6.30. The minimum Gasteiger partial charge on any atom is -0.496 e. The number of imidazole rings is 1. The molecule has 0 saturated carbocycles.